The lowest BCUT2D eigenvalue weighted by molar-refractivity contribution is -0.132. The second kappa shape index (κ2) is 5.38. The van der Waals surface area contributed by atoms with Crippen LogP contribution in [-0.2, 0) is 4.79 Å². The van der Waals surface area contributed by atoms with Crippen molar-refractivity contribution >= 4 is 21.9 Å². The zero-order valence-corrected chi connectivity index (χ0v) is 9.69. The number of carboxylic acid groups (broad SMARTS) is 1. The minimum absolute atomic E-state index is 0.213. The summed E-state index contributed by atoms with van der Waals surface area (Å²) in [4.78, 5) is 10.6. The van der Waals surface area contributed by atoms with Crippen LogP contribution < -0.4 is 21.7 Å². The van der Waals surface area contributed by atoms with E-state index in [0.717, 1.165) is 4.47 Å². The molecule has 1 aromatic rings. The van der Waals surface area contributed by atoms with Crippen molar-refractivity contribution in [3.8, 4) is 5.75 Å². The third kappa shape index (κ3) is 3.14. The molecule has 0 aliphatic rings. The maximum absolute atomic E-state index is 10.6. The summed E-state index contributed by atoms with van der Waals surface area (Å²) >= 11 is 3.25. The number of carbonyl (C=O) groups is 1. The fourth-order valence-electron chi connectivity index (χ4n) is 0.880. The largest absolute Gasteiger partial charge is 0.476 e. The Morgan fingerprint density at radius 1 is 1.38 bits per heavy atom. The summed E-state index contributed by atoms with van der Waals surface area (Å²) in [7, 11) is 0. The Hall–Kier alpha value is -1.73. The van der Waals surface area contributed by atoms with E-state index in [4.69, 9.17) is 21.4 Å². The van der Waals surface area contributed by atoms with Crippen LogP contribution in [0.1, 0.15) is 0 Å². The molecule has 0 fully saturated rings. The highest BCUT2D eigenvalue weighted by Gasteiger charge is 2.11. The fourth-order valence-corrected chi connectivity index (χ4v) is 1.14. The number of ether oxygens (including phenoxy) is 1. The zero-order chi connectivity index (χ0) is 12.1. The standard InChI is InChI=1S/C9H10BrN3O3/c10-5-1-3-6(4-2-5)16-8(13-12)7(11)9(14)15/h1-4,13H,11-12H2,(H,14,15)/b8-7+. The van der Waals surface area contributed by atoms with E-state index < -0.39 is 11.7 Å². The molecule has 0 unspecified atom stereocenters. The number of nitrogens with two attached hydrogens (primary N) is 2. The van der Waals surface area contributed by atoms with Gasteiger partial charge in [-0.15, -0.1) is 0 Å². The molecule has 1 rings (SSSR count). The first-order valence-electron chi connectivity index (χ1n) is 4.17. The normalized spacial score (nSPS) is 11.6. The topological polar surface area (TPSA) is 111 Å². The van der Waals surface area contributed by atoms with Crippen molar-refractivity contribution in [3.05, 3.63) is 40.3 Å². The van der Waals surface area contributed by atoms with Crippen molar-refractivity contribution in [2.45, 2.75) is 0 Å². The second-order valence-corrected chi connectivity index (χ2v) is 3.66. The summed E-state index contributed by atoms with van der Waals surface area (Å²) in [5.74, 6) is 3.99. The lowest BCUT2D eigenvalue weighted by Gasteiger charge is -2.10. The van der Waals surface area contributed by atoms with Gasteiger partial charge in [0.2, 0.25) is 5.88 Å². The molecule has 0 aromatic heterocycles. The molecule has 0 heterocycles. The molecule has 0 saturated heterocycles. The van der Waals surface area contributed by atoms with Crippen LogP contribution in [0.15, 0.2) is 40.3 Å². The third-order valence-corrected chi connectivity index (χ3v) is 2.17. The van der Waals surface area contributed by atoms with Crippen LogP contribution in [-0.4, -0.2) is 11.1 Å². The molecule has 0 saturated carbocycles. The number of hydrogen-bond donors (Lipinski definition) is 4. The predicted octanol–water partition coefficient (Wildman–Crippen LogP) is 0.504. The average Bonchev–Trinajstić information content (AvgIpc) is 2.27. The monoisotopic (exact) mass is 287 g/mol. The van der Waals surface area contributed by atoms with Crippen LogP contribution in [0, 0.1) is 0 Å². The minimum Gasteiger partial charge on any atom is -0.476 e. The molecule has 6 N–H and O–H groups in total. The number of benzene rings is 1. The SMILES string of the molecule is NN/C(Oc1ccc(Br)cc1)=C(\N)C(=O)O. The lowest BCUT2D eigenvalue weighted by atomic mass is 10.3. The van der Waals surface area contributed by atoms with E-state index in [2.05, 4.69) is 21.4 Å². The Labute approximate surface area is 100.0 Å². The maximum Gasteiger partial charge on any atom is 0.357 e. The van der Waals surface area contributed by atoms with Crippen molar-refractivity contribution < 1.29 is 14.6 Å². The van der Waals surface area contributed by atoms with Crippen LogP contribution in [0.5, 0.6) is 5.75 Å². The molecule has 6 nitrogen and oxygen atoms in total. The van der Waals surface area contributed by atoms with E-state index in [1.54, 1.807) is 24.3 Å². The third-order valence-electron chi connectivity index (χ3n) is 1.64. The number of halogens is 1. The first-order chi connectivity index (χ1) is 7.54. The molecule has 0 spiro atoms. The van der Waals surface area contributed by atoms with E-state index in [1.165, 1.54) is 0 Å². The van der Waals surface area contributed by atoms with E-state index in [0.29, 0.717) is 5.75 Å². The molecule has 0 aliphatic heterocycles. The molecular weight excluding hydrogens is 278 g/mol. The van der Waals surface area contributed by atoms with E-state index in [9.17, 15) is 4.79 Å². The first kappa shape index (κ1) is 12.3. The Morgan fingerprint density at radius 2 is 1.94 bits per heavy atom. The van der Waals surface area contributed by atoms with Gasteiger partial charge in [0.25, 0.3) is 0 Å². The molecule has 7 heteroatoms. The number of hydrogen-bond acceptors (Lipinski definition) is 5. The highest BCUT2D eigenvalue weighted by molar-refractivity contribution is 9.10. The summed E-state index contributed by atoms with van der Waals surface area (Å²) in [6.07, 6.45) is 0. The summed E-state index contributed by atoms with van der Waals surface area (Å²) in [5.41, 5.74) is 6.84. The summed E-state index contributed by atoms with van der Waals surface area (Å²) in [6.45, 7) is 0. The van der Waals surface area contributed by atoms with Crippen molar-refractivity contribution in [2.75, 3.05) is 0 Å². The average molecular weight is 288 g/mol. The zero-order valence-electron chi connectivity index (χ0n) is 8.11. The van der Waals surface area contributed by atoms with Crippen LogP contribution >= 0.6 is 15.9 Å². The maximum atomic E-state index is 10.6. The van der Waals surface area contributed by atoms with Gasteiger partial charge in [0.1, 0.15) is 5.75 Å². The van der Waals surface area contributed by atoms with Gasteiger partial charge in [-0.1, -0.05) is 15.9 Å². The Bertz CT molecular complexity index is 417. The fraction of sp³-hybridized carbons (Fsp3) is 0. The number of carboxylic acids is 1. The molecular formula is C9H10BrN3O3. The predicted molar refractivity (Wildman–Crippen MR) is 60.9 cm³/mol. The Balaban J connectivity index is 2.90. The van der Waals surface area contributed by atoms with Gasteiger partial charge >= 0.3 is 5.97 Å². The van der Waals surface area contributed by atoms with Gasteiger partial charge in [0, 0.05) is 4.47 Å². The van der Waals surface area contributed by atoms with Gasteiger partial charge in [0.15, 0.2) is 5.70 Å². The van der Waals surface area contributed by atoms with E-state index >= 15 is 0 Å². The van der Waals surface area contributed by atoms with Gasteiger partial charge in [-0.2, -0.15) is 0 Å². The van der Waals surface area contributed by atoms with Crippen LogP contribution in [0.3, 0.4) is 0 Å². The lowest BCUT2D eigenvalue weighted by Crippen LogP contribution is -2.31. The molecule has 86 valence electrons. The summed E-state index contributed by atoms with van der Waals surface area (Å²) in [5, 5.41) is 8.64. The Kier molecular flexibility index (Phi) is 4.15. The smallest absolute Gasteiger partial charge is 0.357 e. The van der Waals surface area contributed by atoms with Crippen molar-refractivity contribution in [1.82, 2.24) is 5.43 Å². The van der Waals surface area contributed by atoms with Gasteiger partial charge in [-0.25, -0.2) is 10.6 Å². The number of aliphatic carboxylic acids is 1. The molecule has 0 aliphatic carbocycles. The van der Waals surface area contributed by atoms with E-state index in [-0.39, 0.29) is 5.88 Å². The van der Waals surface area contributed by atoms with Gasteiger partial charge in [0.05, 0.1) is 0 Å². The summed E-state index contributed by atoms with van der Waals surface area (Å²) < 4.78 is 6.03. The van der Waals surface area contributed by atoms with Crippen LogP contribution in [0.25, 0.3) is 0 Å². The van der Waals surface area contributed by atoms with Crippen molar-refractivity contribution in [3.63, 3.8) is 0 Å². The van der Waals surface area contributed by atoms with Crippen molar-refractivity contribution in [2.24, 2.45) is 11.6 Å². The van der Waals surface area contributed by atoms with Gasteiger partial charge in [-0.3, -0.25) is 5.43 Å². The molecule has 1 aromatic carbocycles. The quantitative estimate of drug-likeness (QED) is 0.278. The second-order valence-electron chi connectivity index (χ2n) is 2.75. The van der Waals surface area contributed by atoms with E-state index in [1.807, 2.05) is 0 Å². The van der Waals surface area contributed by atoms with Crippen molar-refractivity contribution in [1.29, 1.82) is 0 Å². The number of nitrogens with one attached hydrogen (secondary N) is 1. The highest BCUT2D eigenvalue weighted by atomic mass is 79.9. The molecule has 0 amide bonds. The molecule has 0 radical (unpaired) electrons. The van der Waals surface area contributed by atoms with Crippen LogP contribution in [0.2, 0.25) is 0 Å². The molecule has 0 bridgehead atoms. The minimum atomic E-state index is -1.31. The molecule has 0 atom stereocenters. The molecule has 16 heavy (non-hydrogen) atoms. The summed E-state index contributed by atoms with van der Waals surface area (Å²) in [6, 6.07) is 6.74. The van der Waals surface area contributed by atoms with Gasteiger partial charge < -0.3 is 15.6 Å². The van der Waals surface area contributed by atoms with Crippen LogP contribution in [0.4, 0.5) is 0 Å². The first-order valence-corrected chi connectivity index (χ1v) is 4.97. The number of rotatable bonds is 4. The Morgan fingerprint density at radius 3 is 2.38 bits per heavy atom. The highest BCUT2D eigenvalue weighted by Crippen LogP contribution is 2.17. The van der Waals surface area contributed by atoms with Gasteiger partial charge in [-0.05, 0) is 24.3 Å². The number of hydrazine groups is 1.